The van der Waals surface area contributed by atoms with Crippen molar-refractivity contribution in [3.8, 4) is 23.3 Å². The highest BCUT2D eigenvalue weighted by molar-refractivity contribution is 7.90. The summed E-state index contributed by atoms with van der Waals surface area (Å²) >= 11 is 0. The van der Waals surface area contributed by atoms with Gasteiger partial charge < -0.3 is 14.5 Å². The summed E-state index contributed by atoms with van der Waals surface area (Å²) in [5.41, 5.74) is 1.97. The Morgan fingerprint density at radius 1 is 0.831 bits per heavy atom. The summed E-state index contributed by atoms with van der Waals surface area (Å²) in [4.78, 5) is 49.0. The van der Waals surface area contributed by atoms with Gasteiger partial charge in [-0.15, -0.1) is 0 Å². The van der Waals surface area contributed by atoms with Crippen LogP contribution in [0, 0.1) is 28.9 Å². The number of carbonyl (C=O) groups is 2. The number of amides is 2. The van der Waals surface area contributed by atoms with Gasteiger partial charge in [-0.1, -0.05) is 6.07 Å². The summed E-state index contributed by atoms with van der Waals surface area (Å²) in [7, 11) is -4.24. The highest BCUT2D eigenvalue weighted by Gasteiger charge is 2.33. The van der Waals surface area contributed by atoms with E-state index in [-0.39, 0.29) is 60.4 Å². The third-order valence-electron chi connectivity index (χ3n) is 12.8. The number of aromatic nitrogens is 2. The van der Waals surface area contributed by atoms with Gasteiger partial charge in [-0.2, -0.15) is 18.0 Å². The standard InChI is InChI=1S/C46H46F3N9O6S/c47-31-15-18-57(27-31)65(62,63)53-41-10-8-38(48)44(37(41)25-50)64-34-6-9-40-36(24-34)46(61)58(28-51-40)33-4-2-32(3-5-33)55-21-19-54(20-22-55)26-29-13-16-56(17-14-29)42-11-1-30(23-39(42)49)35-7-12-43(59)52-45(35)60/h1-6,8-11,23-24,28-29,31,35,53H,7,12-22,26-27H2,(H,52,59,60)/t31-,35-/m1/s1. The molecule has 4 aromatic carbocycles. The Kier molecular flexibility index (Phi) is 12.2. The van der Waals surface area contributed by atoms with Gasteiger partial charge >= 0.3 is 10.2 Å². The number of hydrogen-bond acceptors (Lipinski definition) is 11. The lowest BCUT2D eigenvalue weighted by Crippen LogP contribution is -2.49. The number of rotatable bonds is 11. The normalized spacial score (nSPS) is 20.2. The molecule has 5 heterocycles. The number of hydrogen-bond donors (Lipinski definition) is 2. The smallest absolute Gasteiger partial charge is 0.301 e. The number of piperazine rings is 1. The molecule has 5 aromatic rings. The number of ether oxygens (including phenoxy) is 1. The van der Waals surface area contributed by atoms with Crippen molar-refractivity contribution in [3.05, 3.63) is 112 Å². The van der Waals surface area contributed by atoms with Crippen molar-refractivity contribution in [1.29, 1.82) is 5.26 Å². The topological polar surface area (TPSA) is 173 Å². The Labute approximate surface area is 373 Å². The summed E-state index contributed by atoms with van der Waals surface area (Å²) < 4.78 is 80.4. The van der Waals surface area contributed by atoms with Crippen LogP contribution >= 0.6 is 0 Å². The van der Waals surface area contributed by atoms with Gasteiger partial charge in [0.25, 0.3) is 5.56 Å². The van der Waals surface area contributed by atoms with E-state index in [4.69, 9.17) is 4.74 Å². The van der Waals surface area contributed by atoms with Crippen LogP contribution in [0.1, 0.15) is 49.1 Å². The lowest BCUT2D eigenvalue weighted by Gasteiger charge is -2.40. The number of nitrogens with zero attached hydrogens (tertiary/aromatic N) is 7. The second-order valence-electron chi connectivity index (χ2n) is 16.9. The molecule has 2 atom stereocenters. The third kappa shape index (κ3) is 9.24. The first-order valence-electron chi connectivity index (χ1n) is 21.6. The Bertz CT molecular complexity index is 2860. The molecule has 0 unspecified atom stereocenters. The number of nitrogens with one attached hydrogen (secondary N) is 2. The van der Waals surface area contributed by atoms with Gasteiger partial charge in [-0.25, -0.2) is 18.2 Å². The van der Waals surface area contributed by atoms with Gasteiger partial charge in [0.05, 0.1) is 33.9 Å². The SMILES string of the molecule is N#Cc1c(NS(=O)(=O)N2CC[C@@H](F)C2)ccc(F)c1Oc1ccc2ncn(-c3ccc(N4CCN(CC5CCN(c6ccc([C@H]7CCC(=O)NC7=O)cc6F)CC5)CC4)cc3)c(=O)c2c1. The van der Waals surface area contributed by atoms with Crippen LogP contribution in [-0.4, -0.2) is 104 Å². The first kappa shape index (κ1) is 43.7. The number of piperidine rings is 2. The molecule has 4 aliphatic heterocycles. The lowest BCUT2D eigenvalue weighted by atomic mass is 9.90. The van der Waals surface area contributed by atoms with E-state index < -0.39 is 45.0 Å². The maximum Gasteiger partial charge on any atom is 0.301 e. The Hall–Kier alpha value is -6.49. The number of alkyl halides is 1. The largest absolute Gasteiger partial charge is 0.453 e. The molecule has 4 aliphatic rings. The monoisotopic (exact) mass is 909 g/mol. The van der Waals surface area contributed by atoms with E-state index in [0.29, 0.717) is 34.8 Å². The molecule has 4 saturated heterocycles. The lowest BCUT2D eigenvalue weighted by molar-refractivity contribution is -0.134. The van der Waals surface area contributed by atoms with Gasteiger partial charge in [0, 0.05) is 71.0 Å². The first-order chi connectivity index (χ1) is 31.3. The minimum atomic E-state index is -4.24. The Morgan fingerprint density at radius 3 is 2.28 bits per heavy atom. The summed E-state index contributed by atoms with van der Waals surface area (Å²) in [5, 5.41) is 12.5. The zero-order chi connectivity index (χ0) is 45.4. The predicted octanol–water partition coefficient (Wildman–Crippen LogP) is 5.59. The maximum atomic E-state index is 15.3. The maximum absolute atomic E-state index is 15.3. The number of halogens is 3. The molecule has 9 rings (SSSR count). The second kappa shape index (κ2) is 18.2. The summed E-state index contributed by atoms with van der Waals surface area (Å²) in [6.07, 6.45) is 2.66. The van der Waals surface area contributed by atoms with E-state index in [9.17, 15) is 32.5 Å². The quantitative estimate of drug-likeness (QED) is 0.158. The van der Waals surface area contributed by atoms with E-state index in [1.807, 2.05) is 24.3 Å². The molecule has 2 amide bonds. The fraction of sp³-hybridized carbons (Fsp3) is 0.370. The Morgan fingerprint density at radius 2 is 1.58 bits per heavy atom. The Balaban J connectivity index is 0.798. The molecule has 15 nitrogen and oxygen atoms in total. The number of nitriles is 1. The molecule has 2 N–H and O–H groups in total. The van der Waals surface area contributed by atoms with Crippen molar-refractivity contribution in [2.45, 2.75) is 44.2 Å². The van der Waals surface area contributed by atoms with Gasteiger partial charge in [-0.05, 0) is 104 Å². The first-order valence-corrected chi connectivity index (χ1v) is 23.1. The fourth-order valence-electron chi connectivity index (χ4n) is 9.17. The number of fused-ring (bicyclic) bond motifs is 1. The molecule has 19 heteroatoms. The van der Waals surface area contributed by atoms with E-state index in [1.165, 1.54) is 35.2 Å². The zero-order valence-corrected chi connectivity index (χ0v) is 36.1. The molecule has 4 fully saturated rings. The van der Waals surface area contributed by atoms with Crippen LogP contribution in [0.25, 0.3) is 16.6 Å². The van der Waals surface area contributed by atoms with Crippen LogP contribution < -0.4 is 30.1 Å². The van der Waals surface area contributed by atoms with Gasteiger partial charge in [0.1, 0.15) is 35.7 Å². The molecule has 1 aromatic heterocycles. The minimum absolute atomic E-state index is 0.00959. The van der Waals surface area contributed by atoms with Crippen molar-refractivity contribution in [3.63, 3.8) is 0 Å². The number of anilines is 3. The van der Waals surface area contributed by atoms with E-state index >= 15 is 8.78 Å². The van der Waals surface area contributed by atoms with Gasteiger partial charge in [0.2, 0.25) is 11.8 Å². The summed E-state index contributed by atoms with van der Waals surface area (Å²) in [5.74, 6) is -2.53. The van der Waals surface area contributed by atoms with Crippen LogP contribution in [0.3, 0.4) is 0 Å². The van der Waals surface area contributed by atoms with Crippen LogP contribution in [-0.2, 0) is 19.8 Å². The number of imide groups is 1. The second-order valence-corrected chi connectivity index (χ2v) is 18.6. The molecular weight excluding hydrogens is 864 g/mol. The summed E-state index contributed by atoms with van der Waals surface area (Å²) in [6, 6.07) is 20.8. The van der Waals surface area contributed by atoms with Crippen molar-refractivity contribution in [1.82, 2.24) is 24.1 Å². The molecule has 65 heavy (non-hydrogen) atoms. The zero-order valence-electron chi connectivity index (χ0n) is 35.3. The van der Waals surface area contributed by atoms with Crippen LogP contribution in [0.15, 0.2) is 83.9 Å². The summed E-state index contributed by atoms with van der Waals surface area (Å²) in [6.45, 7) is 5.49. The van der Waals surface area contributed by atoms with Gasteiger partial charge in [0.15, 0.2) is 11.6 Å². The third-order valence-corrected chi connectivity index (χ3v) is 14.3. The number of benzene rings is 4. The van der Waals surface area contributed by atoms with Crippen LogP contribution in [0.4, 0.5) is 30.2 Å². The van der Waals surface area contributed by atoms with Crippen molar-refractivity contribution in [2.24, 2.45) is 5.92 Å². The van der Waals surface area contributed by atoms with Crippen molar-refractivity contribution >= 4 is 50.0 Å². The molecule has 0 radical (unpaired) electrons. The molecule has 338 valence electrons. The van der Waals surface area contributed by atoms with E-state index in [0.717, 1.165) is 80.8 Å². The number of carbonyl (C=O) groups excluding carboxylic acids is 2. The van der Waals surface area contributed by atoms with E-state index in [2.05, 4.69) is 29.7 Å². The van der Waals surface area contributed by atoms with Gasteiger partial charge in [-0.3, -0.25) is 33.9 Å². The highest BCUT2D eigenvalue weighted by Crippen LogP contribution is 2.36. The predicted molar refractivity (Wildman–Crippen MR) is 237 cm³/mol. The van der Waals surface area contributed by atoms with E-state index in [1.54, 1.807) is 18.2 Å². The average molecular weight is 910 g/mol. The van der Waals surface area contributed by atoms with Crippen LogP contribution in [0.5, 0.6) is 11.5 Å². The molecule has 0 aliphatic carbocycles. The fourth-order valence-corrected chi connectivity index (χ4v) is 10.5. The van der Waals surface area contributed by atoms with Crippen molar-refractivity contribution in [2.75, 3.05) is 73.4 Å². The van der Waals surface area contributed by atoms with Crippen molar-refractivity contribution < 1.29 is 35.9 Å². The molecule has 0 bridgehead atoms. The van der Waals surface area contributed by atoms with Crippen LogP contribution in [0.2, 0.25) is 0 Å². The highest BCUT2D eigenvalue weighted by atomic mass is 32.2. The molecular formula is C46H46F3N9O6S. The average Bonchev–Trinajstić information content (AvgIpc) is 3.76. The molecule has 0 spiro atoms. The molecule has 0 saturated carbocycles. The minimum Gasteiger partial charge on any atom is -0.453 e.